The van der Waals surface area contributed by atoms with Gasteiger partial charge in [0.1, 0.15) is 5.51 Å². The van der Waals surface area contributed by atoms with Gasteiger partial charge in [0.25, 0.3) is 5.91 Å². The molecule has 1 aliphatic heterocycles. The van der Waals surface area contributed by atoms with E-state index in [0.29, 0.717) is 36.6 Å². The number of rotatable bonds is 7. The summed E-state index contributed by atoms with van der Waals surface area (Å²) in [6.45, 7) is 0.987. The lowest BCUT2D eigenvalue weighted by molar-refractivity contribution is -0.121. The Morgan fingerprint density at radius 2 is 1.82 bits per heavy atom. The van der Waals surface area contributed by atoms with Crippen LogP contribution in [0, 0.1) is 5.92 Å². The highest BCUT2D eigenvalue weighted by atomic mass is 32.2. The number of hydrogen-bond acceptors (Lipinski definition) is 7. The van der Waals surface area contributed by atoms with Crippen LogP contribution in [0.25, 0.3) is 0 Å². The molecule has 11 heteroatoms. The Hall–Kier alpha value is -3.15. The van der Waals surface area contributed by atoms with Gasteiger partial charge >= 0.3 is 0 Å². The monoisotopic (exact) mass is 485 g/mol. The second-order valence-corrected chi connectivity index (χ2v) is 10.2. The Balaban J connectivity index is 1.36. The predicted molar refractivity (Wildman–Crippen MR) is 124 cm³/mol. The molecule has 0 atom stereocenters. The molecule has 1 saturated heterocycles. The normalized spacial score (nSPS) is 14.7. The number of sulfonamides is 1. The van der Waals surface area contributed by atoms with Crippen molar-refractivity contribution in [3.8, 4) is 0 Å². The molecule has 0 spiro atoms. The van der Waals surface area contributed by atoms with Gasteiger partial charge in [-0.25, -0.2) is 13.1 Å². The highest BCUT2D eigenvalue weighted by Gasteiger charge is 2.28. The number of piperidine rings is 1. The first-order valence-electron chi connectivity index (χ1n) is 10.4. The molecule has 3 aromatic rings. The van der Waals surface area contributed by atoms with Gasteiger partial charge in [0.15, 0.2) is 0 Å². The lowest BCUT2D eigenvalue weighted by Crippen LogP contribution is -2.41. The van der Waals surface area contributed by atoms with Crippen molar-refractivity contribution in [3.05, 3.63) is 71.2 Å². The Kier molecular flexibility index (Phi) is 7.11. The number of anilines is 1. The van der Waals surface area contributed by atoms with Crippen molar-refractivity contribution in [2.45, 2.75) is 24.3 Å². The number of likely N-dealkylation sites (tertiary alicyclic amines) is 1. The van der Waals surface area contributed by atoms with E-state index in [-0.39, 0.29) is 29.2 Å². The van der Waals surface area contributed by atoms with E-state index in [1.807, 2.05) is 30.3 Å². The highest BCUT2D eigenvalue weighted by molar-refractivity contribution is 7.89. The van der Waals surface area contributed by atoms with Gasteiger partial charge < -0.3 is 10.2 Å². The Morgan fingerprint density at radius 3 is 2.52 bits per heavy atom. The third kappa shape index (κ3) is 5.81. The van der Waals surface area contributed by atoms with Crippen molar-refractivity contribution >= 4 is 38.3 Å². The van der Waals surface area contributed by atoms with Gasteiger partial charge in [-0.05, 0) is 36.6 Å². The van der Waals surface area contributed by atoms with Crippen molar-refractivity contribution in [1.29, 1.82) is 0 Å². The third-order valence-electron chi connectivity index (χ3n) is 5.44. The first-order chi connectivity index (χ1) is 15.9. The fraction of sp³-hybridized carbons (Fsp3) is 0.273. The Labute approximate surface area is 195 Å². The second-order valence-electron chi connectivity index (χ2n) is 7.64. The van der Waals surface area contributed by atoms with Gasteiger partial charge in [-0.2, -0.15) is 0 Å². The van der Waals surface area contributed by atoms with Crippen LogP contribution in [0.5, 0.6) is 0 Å². The first-order valence-corrected chi connectivity index (χ1v) is 12.8. The van der Waals surface area contributed by atoms with Gasteiger partial charge in [0.05, 0.1) is 4.90 Å². The Morgan fingerprint density at radius 1 is 1.06 bits per heavy atom. The fourth-order valence-corrected chi connectivity index (χ4v) is 5.13. The highest BCUT2D eigenvalue weighted by Crippen LogP contribution is 2.22. The molecule has 0 saturated carbocycles. The zero-order chi connectivity index (χ0) is 23.3. The first kappa shape index (κ1) is 23.0. The maximum Gasteiger partial charge on any atom is 0.253 e. The molecule has 0 radical (unpaired) electrons. The molecule has 9 nitrogen and oxygen atoms in total. The minimum Gasteiger partial charge on any atom is -0.339 e. The molecule has 0 unspecified atom stereocenters. The summed E-state index contributed by atoms with van der Waals surface area (Å²) in [7, 11) is -3.77. The van der Waals surface area contributed by atoms with Crippen LogP contribution in [0.1, 0.15) is 28.8 Å². The maximum atomic E-state index is 13.0. The van der Waals surface area contributed by atoms with E-state index in [4.69, 9.17) is 0 Å². The number of nitrogens with one attached hydrogen (secondary N) is 2. The molecule has 1 aliphatic rings. The van der Waals surface area contributed by atoms with Gasteiger partial charge in [-0.15, -0.1) is 10.2 Å². The molecular weight excluding hydrogens is 462 g/mol. The minimum atomic E-state index is -3.77. The molecule has 172 valence electrons. The summed E-state index contributed by atoms with van der Waals surface area (Å²) in [6.07, 6.45) is 1.04. The molecule has 33 heavy (non-hydrogen) atoms. The molecule has 2 aromatic carbocycles. The van der Waals surface area contributed by atoms with Crippen molar-refractivity contribution in [1.82, 2.24) is 19.8 Å². The minimum absolute atomic E-state index is 0.0376. The quantitative estimate of drug-likeness (QED) is 0.530. The molecule has 1 aromatic heterocycles. The summed E-state index contributed by atoms with van der Waals surface area (Å²) in [6, 6.07) is 15.2. The lowest BCUT2D eigenvalue weighted by atomic mass is 9.95. The summed E-state index contributed by atoms with van der Waals surface area (Å²) in [5, 5.41) is 10.7. The summed E-state index contributed by atoms with van der Waals surface area (Å²) < 4.78 is 28.0. The van der Waals surface area contributed by atoms with Crippen LogP contribution in [-0.2, 0) is 21.4 Å². The Bertz CT molecular complexity index is 1210. The molecule has 2 heterocycles. The van der Waals surface area contributed by atoms with Gasteiger partial charge in [0.2, 0.25) is 21.1 Å². The van der Waals surface area contributed by atoms with E-state index in [2.05, 4.69) is 20.2 Å². The van der Waals surface area contributed by atoms with E-state index in [9.17, 15) is 18.0 Å². The van der Waals surface area contributed by atoms with Gasteiger partial charge in [0, 0.05) is 31.1 Å². The van der Waals surface area contributed by atoms with Crippen molar-refractivity contribution in [2.24, 2.45) is 5.92 Å². The van der Waals surface area contributed by atoms with Crippen molar-refractivity contribution in [2.75, 3.05) is 18.4 Å². The molecule has 1 fully saturated rings. The zero-order valence-electron chi connectivity index (χ0n) is 17.7. The second kappa shape index (κ2) is 10.2. The van der Waals surface area contributed by atoms with Crippen molar-refractivity contribution in [3.63, 3.8) is 0 Å². The van der Waals surface area contributed by atoms with E-state index in [1.54, 1.807) is 22.5 Å². The van der Waals surface area contributed by atoms with Crippen LogP contribution in [0.4, 0.5) is 5.13 Å². The summed E-state index contributed by atoms with van der Waals surface area (Å²) in [5.74, 6) is -0.596. The van der Waals surface area contributed by atoms with Crippen LogP contribution in [-0.4, -0.2) is 48.4 Å². The molecule has 4 rings (SSSR count). The van der Waals surface area contributed by atoms with E-state index in [1.165, 1.54) is 23.5 Å². The van der Waals surface area contributed by atoms with E-state index in [0.717, 1.165) is 5.56 Å². The number of hydrogen-bond donors (Lipinski definition) is 2. The van der Waals surface area contributed by atoms with Crippen LogP contribution < -0.4 is 10.0 Å². The molecule has 2 amide bonds. The largest absolute Gasteiger partial charge is 0.339 e. The zero-order valence-corrected chi connectivity index (χ0v) is 19.3. The van der Waals surface area contributed by atoms with Gasteiger partial charge in [-0.1, -0.05) is 47.7 Å². The summed E-state index contributed by atoms with van der Waals surface area (Å²) in [4.78, 5) is 27.1. The fourth-order valence-electron chi connectivity index (χ4n) is 3.62. The molecule has 2 N–H and O–H groups in total. The predicted octanol–water partition coefficient (Wildman–Crippen LogP) is 2.51. The average Bonchev–Trinajstić information content (AvgIpc) is 3.36. The topological polar surface area (TPSA) is 121 Å². The van der Waals surface area contributed by atoms with Crippen LogP contribution >= 0.6 is 11.3 Å². The van der Waals surface area contributed by atoms with E-state index < -0.39 is 10.0 Å². The third-order valence-corrected chi connectivity index (χ3v) is 7.45. The summed E-state index contributed by atoms with van der Waals surface area (Å²) >= 11 is 1.25. The maximum absolute atomic E-state index is 13.0. The molecular formula is C22H23N5O4S2. The number of carbonyl (C=O) groups is 2. The lowest BCUT2D eigenvalue weighted by Gasteiger charge is -2.31. The molecule has 0 bridgehead atoms. The SMILES string of the molecule is O=C(Nc1nncs1)C1CCN(C(=O)c2cccc(S(=O)(=O)NCc3ccccc3)c2)CC1. The van der Waals surface area contributed by atoms with Gasteiger partial charge in [-0.3, -0.25) is 9.59 Å². The van der Waals surface area contributed by atoms with Crippen LogP contribution in [0.3, 0.4) is 0 Å². The van der Waals surface area contributed by atoms with Crippen LogP contribution in [0.2, 0.25) is 0 Å². The van der Waals surface area contributed by atoms with Crippen molar-refractivity contribution < 1.29 is 18.0 Å². The standard InChI is InChI=1S/C22H23N5O4S2/c28-20(25-22-26-23-15-32-22)17-9-11-27(12-10-17)21(29)18-7-4-8-19(13-18)33(30,31)24-14-16-5-2-1-3-6-16/h1-8,13,15,17,24H,9-12,14H2,(H,25,26,28). The number of benzene rings is 2. The number of carbonyl (C=O) groups excluding carboxylic acids is 2. The number of aromatic nitrogens is 2. The average molecular weight is 486 g/mol. The van der Waals surface area contributed by atoms with Crippen LogP contribution in [0.15, 0.2) is 65.0 Å². The number of amides is 2. The van der Waals surface area contributed by atoms with E-state index >= 15 is 0 Å². The smallest absolute Gasteiger partial charge is 0.253 e. The molecule has 0 aliphatic carbocycles. The summed E-state index contributed by atoms with van der Waals surface area (Å²) in [5.41, 5.74) is 2.68. The number of nitrogens with zero attached hydrogens (tertiary/aromatic N) is 3.